The molecule has 0 radical (unpaired) electrons. The summed E-state index contributed by atoms with van der Waals surface area (Å²) in [5.41, 5.74) is 1.09. The minimum absolute atomic E-state index is 0.0211. The number of rotatable bonds is 6. The van der Waals surface area contributed by atoms with Crippen molar-refractivity contribution in [1.29, 1.82) is 0 Å². The number of methoxy groups -OCH3 is 1. The predicted molar refractivity (Wildman–Crippen MR) is 89.5 cm³/mol. The van der Waals surface area contributed by atoms with Crippen molar-refractivity contribution < 1.29 is 22.7 Å². The quantitative estimate of drug-likeness (QED) is 0.851. The van der Waals surface area contributed by atoms with Gasteiger partial charge in [-0.25, -0.2) is 13.8 Å². The van der Waals surface area contributed by atoms with Crippen LogP contribution in [0.25, 0.3) is 0 Å². The number of fused-ring (bicyclic) bond motifs is 1. The lowest BCUT2D eigenvalue weighted by Gasteiger charge is -2.25. The second kappa shape index (κ2) is 7.92. The molecular weight excluding hydrogens is 344 g/mol. The lowest BCUT2D eigenvalue weighted by Crippen LogP contribution is -2.35. The zero-order chi connectivity index (χ0) is 18.7. The highest BCUT2D eigenvalue weighted by atomic mass is 19.1. The van der Waals surface area contributed by atoms with E-state index in [1.165, 1.54) is 12.1 Å². The van der Waals surface area contributed by atoms with Crippen LogP contribution in [0.15, 0.2) is 22.6 Å². The van der Waals surface area contributed by atoms with Crippen LogP contribution in [0.1, 0.15) is 34.6 Å². The van der Waals surface area contributed by atoms with E-state index in [0.717, 1.165) is 6.07 Å². The zero-order valence-electron chi connectivity index (χ0n) is 14.7. The van der Waals surface area contributed by atoms with E-state index < -0.39 is 11.6 Å². The fourth-order valence-corrected chi connectivity index (χ4v) is 2.95. The van der Waals surface area contributed by atoms with Gasteiger partial charge in [-0.15, -0.1) is 0 Å². The molecule has 0 aliphatic carbocycles. The largest absolute Gasteiger partial charge is 0.437 e. The molecule has 2 aromatic rings. The van der Waals surface area contributed by atoms with Gasteiger partial charge in [-0.3, -0.25) is 9.69 Å². The number of hydrogen-bond donors (Lipinski definition) is 1. The molecule has 1 aliphatic rings. The average Bonchev–Trinajstić information content (AvgIpc) is 3.01. The third kappa shape index (κ3) is 4.25. The summed E-state index contributed by atoms with van der Waals surface area (Å²) in [5, 5.41) is 2.75. The molecule has 3 rings (SSSR count). The van der Waals surface area contributed by atoms with Gasteiger partial charge in [-0.1, -0.05) is 6.07 Å². The fourth-order valence-electron chi connectivity index (χ4n) is 2.95. The summed E-state index contributed by atoms with van der Waals surface area (Å²) in [6.07, 6.45) is 0.575. The third-order valence-electron chi connectivity index (χ3n) is 4.20. The van der Waals surface area contributed by atoms with E-state index in [9.17, 15) is 13.6 Å². The number of hydrogen-bond acceptors (Lipinski definition) is 5. The first-order valence-electron chi connectivity index (χ1n) is 8.41. The number of halogens is 2. The number of oxazole rings is 1. The van der Waals surface area contributed by atoms with Crippen molar-refractivity contribution >= 4 is 5.91 Å². The van der Waals surface area contributed by atoms with E-state index in [0.29, 0.717) is 49.7 Å². The molecule has 140 valence electrons. The summed E-state index contributed by atoms with van der Waals surface area (Å²) in [4.78, 5) is 18.4. The van der Waals surface area contributed by atoms with Crippen molar-refractivity contribution in [2.75, 3.05) is 20.3 Å². The molecule has 26 heavy (non-hydrogen) atoms. The molecule has 8 heteroatoms. The van der Waals surface area contributed by atoms with Crippen LogP contribution in [-0.2, 0) is 24.2 Å². The van der Waals surface area contributed by atoms with Gasteiger partial charge in [0.05, 0.1) is 12.3 Å². The molecule has 0 unspecified atom stereocenters. The van der Waals surface area contributed by atoms with E-state index in [4.69, 9.17) is 9.15 Å². The molecule has 0 spiro atoms. The van der Waals surface area contributed by atoms with Gasteiger partial charge in [0.2, 0.25) is 0 Å². The second-order valence-electron chi connectivity index (χ2n) is 6.42. The highest BCUT2D eigenvalue weighted by Gasteiger charge is 2.25. The van der Waals surface area contributed by atoms with Crippen LogP contribution in [0, 0.1) is 11.6 Å². The van der Waals surface area contributed by atoms with Crippen molar-refractivity contribution in [3.63, 3.8) is 0 Å². The first-order chi connectivity index (χ1) is 12.5. The average molecular weight is 365 g/mol. The summed E-state index contributed by atoms with van der Waals surface area (Å²) in [7, 11) is 1.56. The summed E-state index contributed by atoms with van der Waals surface area (Å²) < 4.78 is 37.4. The van der Waals surface area contributed by atoms with Crippen molar-refractivity contribution in [1.82, 2.24) is 15.2 Å². The van der Waals surface area contributed by atoms with Gasteiger partial charge in [0, 0.05) is 50.8 Å². The minimum Gasteiger partial charge on any atom is -0.437 e. The number of nitrogens with one attached hydrogen (secondary N) is 1. The Kier molecular flexibility index (Phi) is 5.63. The van der Waals surface area contributed by atoms with E-state index in [2.05, 4.69) is 10.3 Å². The molecular formula is C18H21F2N3O3. The highest BCUT2D eigenvalue weighted by Crippen LogP contribution is 2.22. The maximum Gasteiger partial charge on any atom is 0.307 e. The van der Waals surface area contributed by atoms with Crippen LogP contribution in [-0.4, -0.2) is 42.1 Å². The SMILES string of the molecule is COC[C@H](C)NC(=O)c1nc2c(o1)CCN(Cc1ccc(F)cc1F)C2. The Morgan fingerprint density at radius 1 is 1.46 bits per heavy atom. The molecule has 0 saturated carbocycles. The van der Waals surface area contributed by atoms with Gasteiger partial charge in [-0.05, 0) is 13.0 Å². The van der Waals surface area contributed by atoms with Crippen LogP contribution in [0.4, 0.5) is 8.78 Å². The maximum absolute atomic E-state index is 13.8. The molecule has 1 aliphatic heterocycles. The van der Waals surface area contributed by atoms with Gasteiger partial charge < -0.3 is 14.5 Å². The number of carbonyl (C=O) groups excluding carboxylic acids is 1. The lowest BCUT2D eigenvalue weighted by molar-refractivity contribution is 0.0869. The fraction of sp³-hybridized carbons (Fsp3) is 0.444. The summed E-state index contributed by atoms with van der Waals surface area (Å²) >= 11 is 0. The zero-order valence-corrected chi connectivity index (χ0v) is 14.7. The van der Waals surface area contributed by atoms with Crippen LogP contribution < -0.4 is 5.32 Å². The lowest BCUT2D eigenvalue weighted by atomic mass is 10.1. The molecule has 1 N–H and O–H groups in total. The molecule has 6 nitrogen and oxygen atoms in total. The van der Waals surface area contributed by atoms with Crippen LogP contribution >= 0.6 is 0 Å². The van der Waals surface area contributed by atoms with E-state index >= 15 is 0 Å². The summed E-state index contributed by atoms with van der Waals surface area (Å²) in [6.45, 7) is 3.63. The molecule has 0 saturated heterocycles. The Labute approximate surface area is 150 Å². The van der Waals surface area contributed by atoms with Gasteiger partial charge in [0.25, 0.3) is 5.89 Å². The van der Waals surface area contributed by atoms with Crippen LogP contribution in [0.5, 0.6) is 0 Å². The van der Waals surface area contributed by atoms with E-state index in [1.807, 2.05) is 11.8 Å². The smallest absolute Gasteiger partial charge is 0.307 e. The minimum atomic E-state index is -0.595. The molecule has 1 aromatic heterocycles. The summed E-state index contributed by atoms with van der Waals surface area (Å²) in [6, 6.07) is 3.41. The van der Waals surface area contributed by atoms with Gasteiger partial charge >= 0.3 is 5.91 Å². The number of nitrogens with zero attached hydrogens (tertiary/aromatic N) is 2. The van der Waals surface area contributed by atoms with Gasteiger partial charge in [0.1, 0.15) is 17.4 Å². The number of amides is 1. The predicted octanol–water partition coefficient (Wildman–Crippen LogP) is 2.28. The summed E-state index contributed by atoms with van der Waals surface area (Å²) in [5.74, 6) is -0.858. The first kappa shape index (κ1) is 18.5. The number of ether oxygens (including phenoxy) is 1. The van der Waals surface area contributed by atoms with Gasteiger partial charge in [-0.2, -0.15) is 0 Å². The number of carbonyl (C=O) groups is 1. The number of aromatic nitrogens is 1. The van der Waals surface area contributed by atoms with Crippen LogP contribution in [0.2, 0.25) is 0 Å². The highest BCUT2D eigenvalue weighted by molar-refractivity contribution is 5.89. The second-order valence-corrected chi connectivity index (χ2v) is 6.42. The molecule has 1 aromatic carbocycles. The Morgan fingerprint density at radius 3 is 3.00 bits per heavy atom. The topological polar surface area (TPSA) is 67.6 Å². The van der Waals surface area contributed by atoms with Gasteiger partial charge in [0.15, 0.2) is 0 Å². The molecule has 1 amide bonds. The Bertz CT molecular complexity index is 794. The Hall–Kier alpha value is -2.32. The molecule has 0 fully saturated rings. The van der Waals surface area contributed by atoms with E-state index in [1.54, 1.807) is 7.11 Å². The number of benzene rings is 1. The van der Waals surface area contributed by atoms with E-state index in [-0.39, 0.29) is 17.8 Å². The third-order valence-corrected chi connectivity index (χ3v) is 4.20. The standard InChI is InChI=1S/C18H21F2N3O3/c1-11(10-25-2)21-17(24)18-22-15-9-23(6-5-16(15)26-18)8-12-3-4-13(19)7-14(12)20/h3-4,7,11H,5-6,8-10H2,1-2H3,(H,21,24)/t11-/m0/s1. The monoisotopic (exact) mass is 365 g/mol. The maximum atomic E-state index is 13.8. The van der Waals surface area contributed by atoms with Crippen molar-refractivity contribution in [2.45, 2.75) is 32.5 Å². The Balaban J connectivity index is 1.65. The first-order valence-corrected chi connectivity index (χ1v) is 8.41. The molecule has 1 atom stereocenters. The molecule has 0 bridgehead atoms. The van der Waals surface area contributed by atoms with Crippen molar-refractivity contribution in [2.24, 2.45) is 0 Å². The van der Waals surface area contributed by atoms with Crippen LogP contribution in [0.3, 0.4) is 0 Å². The Morgan fingerprint density at radius 2 is 2.27 bits per heavy atom. The normalized spacial score (nSPS) is 15.5. The van der Waals surface area contributed by atoms with Crippen molar-refractivity contribution in [3.8, 4) is 0 Å². The van der Waals surface area contributed by atoms with Crippen molar-refractivity contribution in [3.05, 3.63) is 52.7 Å². The molecule has 2 heterocycles.